The molecule has 27 heavy (non-hydrogen) atoms. The Kier molecular flexibility index (Phi) is 5.96. The molecule has 0 radical (unpaired) electrons. The maximum atomic E-state index is 12.5. The second-order valence-corrected chi connectivity index (χ2v) is 6.41. The van der Waals surface area contributed by atoms with Gasteiger partial charge in [-0.05, 0) is 42.8 Å². The number of carbonyl (C=O) groups excluding carboxylic acids is 2. The second-order valence-electron chi connectivity index (χ2n) is 6.41. The highest BCUT2D eigenvalue weighted by atomic mass is 16.5. The van der Waals surface area contributed by atoms with Gasteiger partial charge < -0.3 is 19.7 Å². The second kappa shape index (κ2) is 8.58. The zero-order chi connectivity index (χ0) is 19.2. The number of ether oxygens (including phenoxy) is 2. The van der Waals surface area contributed by atoms with Crippen LogP contribution in [0.15, 0.2) is 42.5 Å². The van der Waals surface area contributed by atoms with Gasteiger partial charge in [0, 0.05) is 17.8 Å². The van der Waals surface area contributed by atoms with Crippen molar-refractivity contribution in [3.63, 3.8) is 0 Å². The van der Waals surface area contributed by atoms with Gasteiger partial charge >= 0.3 is 0 Å². The van der Waals surface area contributed by atoms with Gasteiger partial charge in [0.15, 0.2) is 6.61 Å². The molecule has 0 spiro atoms. The minimum atomic E-state index is -0.241. The number of hydrogen-bond acceptors (Lipinski definition) is 4. The molecule has 1 N–H and O–H groups in total. The van der Waals surface area contributed by atoms with E-state index >= 15 is 0 Å². The fourth-order valence-electron chi connectivity index (χ4n) is 3.01. The summed E-state index contributed by atoms with van der Waals surface area (Å²) in [5.74, 6) is 0.976. The van der Waals surface area contributed by atoms with E-state index in [9.17, 15) is 9.59 Å². The van der Waals surface area contributed by atoms with Crippen LogP contribution in [0.5, 0.6) is 11.5 Å². The summed E-state index contributed by atoms with van der Waals surface area (Å²) in [7, 11) is 1.56. The van der Waals surface area contributed by atoms with Crippen molar-refractivity contribution >= 4 is 23.2 Å². The summed E-state index contributed by atoms with van der Waals surface area (Å²) in [6.45, 7) is 2.83. The third kappa shape index (κ3) is 4.39. The van der Waals surface area contributed by atoms with Gasteiger partial charge in [-0.2, -0.15) is 0 Å². The fraction of sp³-hybridized carbons (Fsp3) is 0.333. The van der Waals surface area contributed by atoms with Crippen molar-refractivity contribution in [1.29, 1.82) is 0 Å². The number of rotatable bonds is 7. The number of carbonyl (C=O) groups is 2. The normalized spacial score (nSPS) is 13.0. The van der Waals surface area contributed by atoms with Crippen LogP contribution in [-0.2, 0) is 4.79 Å². The number of hydrogen-bond donors (Lipinski definition) is 1. The molecule has 2 amide bonds. The van der Waals surface area contributed by atoms with E-state index in [0.717, 1.165) is 19.3 Å². The third-order valence-corrected chi connectivity index (χ3v) is 4.48. The first kappa shape index (κ1) is 18.8. The summed E-state index contributed by atoms with van der Waals surface area (Å²) in [6, 6.07) is 12.3. The number of nitrogens with one attached hydrogen (secondary N) is 1. The van der Waals surface area contributed by atoms with Crippen molar-refractivity contribution in [3.8, 4) is 11.5 Å². The number of anilines is 2. The minimum absolute atomic E-state index is 0.0502. The smallest absolute Gasteiger partial charge is 0.265 e. The van der Waals surface area contributed by atoms with Gasteiger partial charge in [0.05, 0.1) is 12.8 Å². The van der Waals surface area contributed by atoms with Crippen LogP contribution in [0.1, 0.15) is 36.5 Å². The van der Waals surface area contributed by atoms with Gasteiger partial charge in [0.2, 0.25) is 0 Å². The first-order chi connectivity index (χ1) is 13.1. The van der Waals surface area contributed by atoms with Gasteiger partial charge in [-0.1, -0.05) is 25.8 Å². The zero-order valence-corrected chi connectivity index (χ0v) is 15.7. The standard InChI is InChI=1S/C21H24N2O4/c1-3-4-5-11-23-18-13-16(9-10-19(18)27-14-20(23)24)22-21(25)15-7-6-8-17(12-15)26-2/h6-10,12-13H,3-5,11,14H2,1-2H3,(H,22,25). The molecule has 1 heterocycles. The summed E-state index contributed by atoms with van der Waals surface area (Å²) < 4.78 is 10.7. The van der Waals surface area contributed by atoms with Gasteiger partial charge in [-0.25, -0.2) is 0 Å². The summed E-state index contributed by atoms with van der Waals surface area (Å²) in [6.07, 6.45) is 3.08. The predicted octanol–water partition coefficient (Wildman–Crippen LogP) is 3.86. The molecule has 3 rings (SSSR count). The van der Waals surface area contributed by atoms with Gasteiger partial charge in [-0.3, -0.25) is 9.59 Å². The third-order valence-electron chi connectivity index (χ3n) is 4.48. The highest BCUT2D eigenvalue weighted by Crippen LogP contribution is 2.35. The Morgan fingerprint density at radius 1 is 1.22 bits per heavy atom. The molecule has 2 aromatic rings. The molecular formula is C21H24N2O4. The van der Waals surface area contributed by atoms with Crippen molar-refractivity contribution < 1.29 is 19.1 Å². The summed E-state index contributed by atoms with van der Waals surface area (Å²) in [5, 5.41) is 2.87. The molecule has 6 heteroatoms. The Bertz CT molecular complexity index is 835. The SMILES string of the molecule is CCCCCN1C(=O)COc2ccc(NC(=O)c3cccc(OC)c3)cc21. The van der Waals surface area contributed by atoms with Crippen LogP contribution in [0.4, 0.5) is 11.4 Å². The lowest BCUT2D eigenvalue weighted by Crippen LogP contribution is -2.39. The Labute approximate surface area is 159 Å². The van der Waals surface area contributed by atoms with Crippen molar-refractivity contribution in [2.45, 2.75) is 26.2 Å². The number of methoxy groups -OCH3 is 1. The maximum absolute atomic E-state index is 12.5. The predicted molar refractivity (Wildman–Crippen MR) is 105 cm³/mol. The number of fused-ring (bicyclic) bond motifs is 1. The zero-order valence-electron chi connectivity index (χ0n) is 15.7. The van der Waals surface area contributed by atoms with E-state index in [-0.39, 0.29) is 18.4 Å². The van der Waals surface area contributed by atoms with Crippen LogP contribution < -0.4 is 19.7 Å². The number of amides is 2. The molecule has 0 saturated heterocycles. The van der Waals surface area contributed by atoms with Crippen molar-refractivity contribution in [2.24, 2.45) is 0 Å². The van der Waals surface area contributed by atoms with Crippen molar-refractivity contribution in [2.75, 3.05) is 30.5 Å². The lowest BCUT2D eigenvalue weighted by atomic mass is 10.1. The largest absolute Gasteiger partial charge is 0.497 e. The lowest BCUT2D eigenvalue weighted by molar-refractivity contribution is -0.121. The summed E-state index contributed by atoms with van der Waals surface area (Å²) >= 11 is 0. The van der Waals surface area contributed by atoms with E-state index < -0.39 is 0 Å². The van der Waals surface area contributed by atoms with Crippen LogP contribution in [0.25, 0.3) is 0 Å². The average molecular weight is 368 g/mol. The molecule has 0 unspecified atom stereocenters. The molecule has 0 saturated carbocycles. The fourth-order valence-corrected chi connectivity index (χ4v) is 3.01. The first-order valence-electron chi connectivity index (χ1n) is 9.15. The summed E-state index contributed by atoms with van der Waals surface area (Å²) in [4.78, 5) is 26.6. The highest BCUT2D eigenvalue weighted by molar-refractivity contribution is 6.05. The Balaban J connectivity index is 1.79. The topological polar surface area (TPSA) is 67.9 Å². The molecule has 0 fully saturated rings. The average Bonchev–Trinajstić information content (AvgIpc) is 2.69. The number of benzene rings is 2. The van der Waals surface area contributed by atoms with Crippen LogP contribution in [0.3, 0.4) is 0 Å². The van der Waals surface area contributed by atoms with E-state index in [1.807, 2.05) is 0 Å². The van der Waals surface area contributed by atoms with Gasteiger partial charge in [-0.15, -0.1) is 0 Å². The number of unbranched alkanes of at least 4 members (excludes halogenated alkanes) is 2. The van der Waals surface area contributed by atoms with Crippen LogP contribution in [-0.4, -0.2) is 32.1 Å². The van der Waals surface area contributed by atoms with E-state index in [4.69, 9.17) is 9.47 Å². The molecular weight excluding hydrogens is 344 g/mol. The lowest BCUT2D eigenvalue weighted by Gasteiger charge is -2.30. The van der Waals surface area contributed by atoms with Crippen LogP contribution in [0.2, 0.25) is 0 Å². The Morgan fingerprint density at radius 2 is 2.07 bits per heavy atom. The molecule has 142 valence electrons. The summed E-state index contributed by atoms with van der Waals surface area (Å²) in [5.41, 5.74) is 1.81. The Hall–Kier alpha value is -3.02. The monoisotopic (exact) mass is 368 g/mol. The molecule has 2 aromatic carbocycles. The van der Waals surface area contributed by atoms with E-state index in [0.29, 0.717) is 35.0 Å². The van der Waals surface area contributed by atoms with Crippen LogP contribution >= 0.6 is 0 Å². The molecule has 0 bridgehead atoms. The van der Waals surface area contributed by atoms with E-state index in [1.165, 1.54) is 0 Å². The molecule has 0 aliphatic carbocycles. The molecule has 0 atom stereocenters. The van der Waals surface area contributed by atoms with Gasteiger partial charge in [0.25, 0.3) is 11.8 Å². The molecule has 6 nitrogen and oxygen atoms in total. The number of nitrogens with zero attached hydrogens (tertiary/aromatic N) is 1. The quantitative estimate of drug-likeness (QED) is 0.754. The highest BCUT2D eigenvalue weighted by Gasteiger charge is 2.25. The molecule has 1 aliphatic rings. The van der Waals surface area contributed by atoms with Crippen LogP contribution in [0, 0.1) is 0 Å². The van der Waals surface area contributed by atoms with E-state index in [1.54, 1.807) is 54.5 Å². The first-order valence-corrected chi connectivity index (χ1v) is 9.15. The molecule has 0 aromatic heterocycles. The molecule has 1 aliphatic heterocycles. The van der Waals surface area contributed by atoms with Crippen molar-refractivity contribution in [1.82, 2.24) is 0 Å². The Morgan fingerprint density at radius 3 is 2.85 bits per heavy atom. The minimum Gasteiger partial charge on any atom is -0.497 e. The maximum Gasteiger partial charge on any atom is 0.265 e. The van der Waals surface area contributed by atoms with Gasteiger partial charge in [0.1, 0.15) is 11.5 Å². The van der Waals surface area contributed by atoms with E-state index in [2.05, 4.69) is 12.2 Å². The van der Waals surface area contributed by atoms with Crippen molar-refractivity contribution in [3.05, 3.63) is 48.0 Å².